The van der Waals surface area contributed by atoms with Gasteiger partial charge in [-0.25, -0.2) is 4.79 Å². The highest BCUT2D eigenvalue weighted by atomic mass is 16.2. The molecule has 1 aromatic rings. The minimum absolute atomic E-state index is 0.0678. The van der Waals surface area contributed by atoms with Crippen molar-refractivity contribution in [1.82, 2.24) is 10.2 Å². The number of nitrogens with two attached hydrogens (primary N) is 1. The van der Waals surface area contributed by atoms with Gasteiger partial charge in [-0.05, 0) is 25.0 Å². The number of nitrogens with zero attached hydrogens (tertiary/aromatic N) is 1. The van der Waals surface area contributed by atoms with Gasteiger partial charge in [0, 0.05) is 12.6 Å². The Morgan fingerprint density at radius 2 is 2.11 bits per heavy atom. The van der Waals surface area contributed by atoms with E-state index in [4.69, 9.17) is 5.73 Å². The van der Waals surface area contributed by atoms with E-state index < -0.39 is 0 Å². The topological polar surface area (TPSA) is 75.4 Å². The second kappa shape index (κ2) is 4.78. The standard InChI is InChI=1S/C13H17N3O2/c1-8-3-4-9(2)10(5-8)11(14)7-16-12(17)6-15-13(16)18/h3-5,11H,6-7,14H2,1-2H3,(H,15,18). The maximum atomic E-state index is 11.5. The van der Waals surface area contributed by atoms with Gasteiger partial charge in [0.25, 0.3) is 0 Å². The fourth-order valence-electron chi connectivity index (χ4n) is 2.09. The summed E-state index contributed by atoms with van der Waals surface area (Å²) in [7, 11) is 0. The number of urea groups is 1. The van der Waals surface area contributed by atoms with Gasteiger partial charge in [0.1, 0.15) is 0 Å². The first-order chi connectivity index (χ1) is 8.49. The monoisotopic (exact) mass is 247 g/mol. The van der Waals surface area contributed by atoms with Crippen LogP contribution in [0.5, 0.6) is 0 Å². The zero-order valence-corrected chi connectivity index (χ0v) is 10.6. The number of carbonyl (C=O) groups is 2. The molecule has 1 saturated heterocycles. The number of nitrogens with one attached hydrogen (secondary N) is 1. The van der Waals surface area contributed by atoms with Crippen molar-refractivity contribution in [3.63, 3.8) is 0 Å². The zero-order valence-electron chi connectivity index (χ0n) is 10.6. The Labute approximate surface area is 106 Å². The molecule has 18 heavy (non-hydrogen) atoms. The van der Waals surface area contributed by atoms with Gasteiger partial charge in [0.15, 0.2) is 0 Å². The Kier molecular flexibility index (Phi) is 3.34. The van der Waals surface area contributed by atoms with Crippen LogP contribution in [0.4, 0.5) is 4.79 Å². The van der Waals surface area contributed by atoms with Gasteiger partial charge in [0.2, 0.25) is 5.91 Å². The number of benzene rings is 1. The van der Waals surface area contributed by atoms with Crippen molar-refractivity contribution in [2.75, 3.05) is 13.1 Å². The third-order valence-corrected chi connectivity index (χ3v) is 3.15. The summed E-state index contributed by atoms with van der Waals surface area (Å²) in [5.41, 5.74) is 9.25. The molecular weight excluding hydrogens is 230 g/mol. The maximum Gasteiger partial charge on any atom is 0.324 e. The van der Waals surface area contributed by atoms with E-state index >= 15 is 0 Å². The van der Waals surface area contributed by atoms with E-state index in [1.165, 1.54) is 4.90 Å². The summed E-state index contributed by atoms with van der Waals surface area (Å²) >= 11 is 0. The van der Waals surface area contributed by atoms with Gasteiger partial charge in [-0.3, -0.25) is 9.69 Å². The molecule has 1 atom stereocenters. The van der Waals surface area contributed by atoms with Crippen molar-refractivity contribution in [2.45, 2.75) is 19.9 Å². The highest BCUT2D eigenvalue weighted by Crippen LogP contribution is 2.19. The molecule has 1 fully saturated rings. The van der Waals surface area contributed by atoms with Crippen LogP contribution in [0.1, 0.15) is 22.7 Å². The van der Waals surface area contributed by atoms with Crippen LogP contribution >= 0.6 is 0 Å². The predicted octanol–water partition coefficient (Wildman–Crippen LogP) is 0.855. The summed E-state index contributed by atoms with van der Waals surface area (Å²) in [4.78, 5) is 24.1. The lowest BCUT2D eigenvalue weighted by Gasteiger charge is -2.20. The Hall–Kier alpha value is -1.88. The van der Waals surface area contributed by atoms with E-state index in [9.17, 15) is 9.59 Å². The molecular formula is C13H17N3O2. The van der Waals surface area contributed by atoms with E-state index in [1.807, 2.05) is 32.0 Å². The summed E-state index contributed by atoms with van der Waals surface area (Å²) < 4.78 is 0. The molecule has 96 valence electrons. The predicted molar refractivity (Wildman–Crippen MR) is 68.0 cm³/mol. The van der Waals surface area contributed by atoms with Crippen LogP contribution in [0.25, 0.3) is 0 Å². The number of imide groups is 1. The first-order valence-electron chi connectivity index (χ1n) is 5.90. The van der Waals surface area contributed by atoms with Gasteiger partial charge in [-0.2, -0.15) is 0 Å². The van der Waals surface area contributed by atoms with Crippen LogP contribution in [0.15, 0.2) is 18.2 Å². The molecule has 0 radical (unpaired) electrons. The van der Waals surface area contributed by atoms with Crippen molar-refractivity contribution in [2.24, 2.45) is 5.73 Å². The molecule has 5 nitrogen and oxygen atoms in total. The summed E-state index contributed by atoms with van der Waals surface area (Å²) in [5, 5.41) is 2.48. The highest BCUT2D eigenvalue weighted by molar-refractivity contribution is 6.01. The van der Waals surface area contributed by atoms with Crippen LogP contribution in [-0.2, 0) is 4.79 Å². The van der Waals surface area contributed by atoms with Crippen LogP contribution in [0, 0.1) is 13.8 Å². The quantitative estimate of drug-likeness (QED) is 0.778. The number of rotatable bonds is 3. The van der Waals surface area contributed by atoms with Crippen molar-refractivity contribution in [1.29, 1.82) is 0 Å². The minimum atomic E-state index is -0.360. The SMILES string of the molecule is Cc1ccc(C)c(C(N)CN2C(=O)CNC2=O)c1. The molecule has 0 aliphatic carbocycles. The molecule has 3 amide bonds. The van der Waals surface area contributed by atoms with Gasteiger partial charge < -0.3 is 11.1 Å². The van der Waals surface area contributed by atoms with Gasteiger partial charge in [-0.15, -0.1) is 0 Å². The molecule has 1 aliphatic rings. The zero-order chi connectivity index (χ0) is 13.3. The smallest absolute Gasteiger partial charge is 0.324 e. The Bertz CT molecular complexity index is 483. The van der Waals surface area contributed by atoms with Gasteiger partial charge >= 0.3 is 6.03 Å². The fraction of sp³-hybridized carbons (Fsp3) is 0.385. The van der Waals surface area contributed by atoms with Crippen molar-refractivity contribution < 1.29 is 9.59 Å². The molecule has 0 spiro atoms. The Morgan fingerprint density at radius 1 is 1.39 bits per heavy atom. The Morgan fingerprint density at radius 3 is 2.72 bits per heavy atom. The first kappa shape index (κ1) is 12.6. The van der Waals surface area contributed by atoms with E-state index in [2.05, 4.69) is 5.32 Å². The lowest BCUT2D eigenvalue weighted by molar-refractivity contribution is -0.125. The molecule has 0 bridgehead atoms. The second-order valence-electron chi connectivity index (χ2n) is 4.63. The molecule has 1 aliphatic heterocycles. The number of hydrogen-bond acceptors (Lipinski definition) is 3. The van der Waals surface area contributed by atoms with Gasteiger partial charge in [-0.1, -0.05) is 23.8 Å². The molecule has 3 N–H and O–H groups in total. The highest BCUT2D eigenvalue weighted by Gasteiger charge is 2.30. The van der Waals surface area contributed by atoms with E-state index in [-0.39, 0.29) is 31.1 Å². The summed E-state index contributed by atoms with van der Waals surface area (Å²) in [6.07, 6.45) is 0. The average Bonchev–Trinajstić information content (AvgIpc) is 2.64. The van der Waals surface area contributed by atoms with Crippen molar-refractivity contribution in [3.8, 4) is 0 Å². The second-order valence-corrected chi connectivity index (χ2v) is 4.63. The third-order valence-electron chi connectivity index (χ3n) is 3.15. The minimum Gasteiger partial charge on any atom is -0.329 e. The van der Waals surface area contributed by atoms with E-state index in [1.54, 1.807) is 0 Å². The van der Waals surface area contributed by atoms with Crippen LogP contribution in [0.2, 0.25) is 0 Å². The van der Waals surface area contributed by atoms with Crippen molar-refractivity contribution >= 4 is 11.9 Å². The molecule has 1 aromatic carbocycles. The lowest BCUT2D eigenvalue weighted by Crippen LogP contribution is -2.37. The summed E-state index contributed by atoms with van der Waals surface area (Å²) in [6.45, 7) is 4.25. The maximum absolute atomic E-state index is 11.5. The number of hydrogen-bond donors (Lipinski definition) is 2. The summed E-state index contributed by atoms with van der Waals surface area (Å²) in [6, 6.07) is 5.30. The third kappa shape index (κ3) is 2.36. The van der Waals surface area contributed by atoms with E-state index in [0.29, 0.717) is 0 Å². The van der Waals surface area contributed by atoms with Crippen LogP contribution in [0.3, 0.4) is 0 Å². The first-order valence-corrected chi connectivity index (χ1v) is 5.90. The normalized spacial score (nSPS) is 16.9. The average molecular weight is 247 g/mol. The molecule has 5 heteroatoms. The number of amides is 3. The molecule has 0 saturated carbocycles. The Balaban J connectivity index is 2.16. The fourth-order valence-corrected chi connectivity index (χ4v) is 2.09. The number of aryl methyl sites for hydroxylation is 2. The molecule has 2 rings (SSSR count). The molecule has 1 heterocycles. The van der Waals surface area contributed by atoms with E-state index in [0.717, 1.165) is 16.7 Å². The van der Waals surface area contributed by atoms with Crippen molar-refractivity contribution in [3.05, 3.63) is 34.9 Å². The van der Waals surface area contributed by atoms with Crippen LogP contribution in [-0.4, -0.2) is 29.9 Å². The van der Waals surface area contributed by atoms with Gasteiger partial charge in [0.05, 0.1) is 6.54 Å². The number of carbonyl (C=O) groups excluding carboxylic acids is 2. The molecule has 1 unspecified atom stereocenters. The van der Waals surface area contributed by atoms with Crippen LogP contribution < -0.4 is 11.1 Å². The largest absolute Gasteiger partial charge is 0.329 e. The molecule has 0 aromatic heterocycles. The summed E-state index contributed by atoms with van der Waals surface area (Å²) in [5.74, 6) is -0.222. The lowest BCUT2D eigenvalue weighted by atomic mass is 9.99.